The molecule has 0 atom stereocenters. The van der Waals surface area contributed by atoms with E-state index < -0.39 is 0 Å². The summed E-state index contributed by atoms with van der Waals surface area (Å²) in [6.45, 7) is 12.6. The van der Waals surface area contributed by atoms with Crippen LogP contribution in [0.1, 0.15) is 41.5 Å². The largest absolute Gasteiger partial charge is 0.467 e. The summed E-state index contributed by atoms with van der Waals surface area (Å²) in [6.07, 6.45) is 4.25. The lowest BCUT2D eigenvalue weighted by molar-refractivity contribution is 0.301. The van der Waals surface area contributed by atoms with Crippen LogP contribution >= 0.6 is 0 Å². The van der Waals surface area contributed by atoms with Gasteiger partial charge in [-0.3, -0.25) is 0 Å². The van der Waals surface area contributed by atoms with Gasteiger partial charge in [-0.25, -0.2) is 0 Å². The highest BCUT2D eigenvalue weighted by Crippen LogP contribution is 2.10. The number of rotatable bonds is 4. The van der Waals surface area contributed by atoms with Crippen LogP contribution in [0.2, 0.25) is 0 Å². The van der Waals surface area contributed by atoms with Crippen LogP contribution in [-0.4, -0.2) is 0 Å². The molecule has 0 amide bonds. The fourth-order valence-corrected chi connectivity index (χ4v) is 1.26. The molecule has 0 rings (SSSR count). The molecule has 0 unspecified atom stereocenters. The highest BCUT2D eigenvalue weighted by atomic mass is 16.5. The van der Waals surface area contributed by atoms with Crippen molar-refractivity contribution < 1.29 is 4.74 Å². The fourth-order valence-electron chi connectivity index (χ4n) is 1.26. The van der Waals surface area contributed by atoms with Crippen LogP contribution in [0, 0.1) is 11.8 Å². The average Bonchev–Trinajstić information content (AvgIpc) is 1.80. The molecule has 0 radical (unpaired) electrons. The molecule has 13 heavy (non-hydrogen) atoms. The van der Waals surface area contributed by atoms with Gasteiger partial charge in [0.25, 0.3) is 0 Å². The van der Waals surface area contributed by atoms with Crippen molar-refractivity contribution in [3.63, 3.8) is 0 Å². The van der Waals surface area contributed by atoms with E-state index in [4.69, 9.17) is 4.74 Å². The van der Waals surface area contributed by atoms with Crippen LogP contribution in [0.4, 0.5) is 0 Å². The van der Waals surface area contributed by atoms with Crippen LogP contribution in [0.15, 0.2) is 23.7 Å². The SMILES string of the molecule is CC(=CC(C)C)OC(C)=CC(C)C. The molecule has 76 valence electrons. The predicted molar refractivity (Wildman–Crippen MR) is 58.3 cm³/mol. The second kappa shape index (κ2) is 5.85. The van der Waals surface area contributed by atoms with E-state index in [0.29, 0.717) is 11.8 Å². The average molecular weight is 182 g/mol. The van der Waals surface area contributed by atoms with Crippen LogP contribution in [-0.2, 0) is 4.74 Å². The van der Waals surface area contributed by atoms with Gasteiger partial charge in [-0.2, -0.15) is 0 Å². The van der Waals surface area contributed by atoms with E-state index in [1.54, 1.807) is 0 Å². The van der Waals surface area contributed by atoms with Gasteiger partial charge in [-0.15, -0.1) is 0 Å². The Balaban J connectivity index is 4.13. The Morgan fingerprint density at radius 2 is 1.15 bits per heavy atom. The number of hydrogen-bond donors (Lipinski definition) is 0. The van der Waals surface area contributed by atoms with Crippen LogP contribution in [0.5, 0.6) is 0 Å². The second-order valence-electron chi connectivity index (χ2n) is 4.14. The molecule has 0 aromatic heterocycles. The normalized spacial score (nSPS) is 14.2. The molecule has 0 spiro atoms. The van der Waals surface area contributed by atoms with Gasteiger partial charge in [0.05, 0.1) is 11.5 Å². The smallest absolute Gasteiger partial charge is 0.0967 e. The quantitative estimate of drug-likeness (QED) is 0.594. The topological polar surface area (TPSA) is 9.23 Å². The van der Waals surface area contributed by atoms with E-state index in [1.807, 2.05) is 13.8 Å². The molecule has 1 nitrogen and oxygen atoms in total. The minimum atomic E-state index is 0.548. The van der Waals surface area contributed by atoms with Gasteiger partial charge in [0.15, 0.2) is 0 Å². The maximum atomic E-state index is 5.59. The summed E-state index contributed by atoms with van der Waals surface area (Å²) in [5.74, 6) is 3.08. The summed E-state index contributed by atoms with van der Waals surface area (Å²) in [5, 5.41) is 0. The zero-order valence-electron chi connectivity index (χ0n) is 9.72. The van der Waals surface area contributed by atoms with Gasteiger partial charge >= 0.3 is 0 Å². The third-order valence-electron chi connectivity index (χ3n) is 1.46. The fraction of sp³-hybridized carbons (Fsp3) is 0.667. The number of ether oxygens (including phenoxy) is 1. The molecule has 0 aromatic carbocycles. The van der Waals surface area contributed by atoms with Crippen molar-refractivity contribution in [3.8, 4) is 0 Å². The molecule has 0 aliphatic rings. The summed E-state index contributed by atoms with van der Waals surface area (Å²) in [7, 11) is 0. The lowest BCUT2D eigenvalue weighted by Gasteiger charge is -2.08. The molecule has 0 aliphatic carbocycles. The van der Waals surface area contributed by atoms with E-state index in [0.717, 1.165) is 11.5 Å². The summed E-state index contributed by atoms with van der Waals surface area (Å²) in [5.41, 5.74) is 0. The molecule has 1 heteroatoms. The maximum Gasteiger partial charge on any atom is 0.0967 e. The van der Waals surface area contributed by atoms with Gasteiger partial charge in [0, 0.05) is 0 Å². The first-order valence-electron chi connectivity index (χ1n) is 4.96. The molecule has 0 aliphatic heterocycles. The minimum Gasteiger partial charge on any atom is -0.467 e. The van der Waals surface area contributed by atoms with E-state index in [9.17, 15) is 0 Å². The van der Waals surface area contributed by atoms with E-state index in [1.165, 1.54) is 0 Å². The number of hydrogen-bond acceptors (Lipinski definition) is 1. The highest BCUT2D eigenvalue weighted by molar-refractivity contribution is 4.99. The first-order valence-corrected chi connectivity index (χ1v) is 4.96. The molecular formula is C12H22O. The lowest BCUT2D eigenvalue weighted by Crippen LogP contribution is -1.91. The van der Waals surface area contributed by atoms with Crippen molar-refractivity contribution in [2.24, 2.45) is 11.8 Å². The molecule has 0 N–H and O–H groups in total. The van der Waals surface area contributed by atoms with Crippen molar-refractivity contribution in [1.29, 1.82) is 0 Å². The first-order chi connectivity index (χ1) is 5.91. The first kappa shape index (κ1) is 12.3. The molecule has 0 saturated carbocycles. The van der Waals surface area contributed by atoms with E-state index in [-0.39, 0.29) is 0 Å². The highest BCUT2D eigenvalue weighted by Gasteiger charge is 1.96. The van der Waals surface area contributed by atoms with Gasteiger partial charge in [-0.1, -0.05) is 27.7 Å². The summed E-state index contributed by atoms with van der Waals surface area (Å²) in [6, 6.07) is 0. The van der Waals surface area contributed by atoms with Crippen LogP contribution in [0.25, 0.3) is 0 Å². The molecule has 0 heterocycles. The standard InChI is InChI=1S/C12H22O/c1-9(2)7-11(5)13-12(6)8-10(3)4/h7-10H,1-6H3. The van der Waals surface area contributed by atoms with Crippen molar-refractivity contribution in [2.45, 2.75) is 41.5 Å². The Morgan fingerprint density at radius 1 is 0.846 bits per heavy atom. The molecule has 0 saturated heterocycles. The molecule has 0 bridgehead atoms. The van der Waals surface area contributed by atoms with Crippen LogP contribution < -0.4 is 0 Å². The minimum absolute atomic E-state index is 0.548. The lowest BCUT2D eigenvalue weighted by atomic mass is 10.2. The second-order valence-corrected chi connectivity index (χ2v) is 4.14. The van der Waals surface area contributed by atoms with Gasteiger partial charge in [0.2, 0.25) is 0 Å². The summed E-state index contributed by atoms with van der Waals surface area (Å²) >= 11 is 0. The van der Waals surface area contributed by atoms with E-state index >= 15 is 0 Å². The van der Waals surface area contributed by atoms with Crippen molar-refractivity contribution >= 4 is 0 Å². The Kier molecular flexibility index (Phi) is 5.52. The van der Waals surface area contributed by atoms with Crippen molar-refractivity contribution in [1.82, 2.24) is 0 Å². The molecule has 0 fully saturated rings. The van der Waals surface area contributed by atoms with E-state index in [2.05, 4.69) is 39.8 Å². The predicted octanol–water partition coefficient (Wildman–Crippen LogP) is 4.12. The zero-order chi connectivity index (χ0) is 10.4. The third-order valence-corrected chi connectivity index (χ3v) is 1.46. The van der Waals surface area contributed by atoms with Gasteiger partial charge in [0.1, 0.15) is 0 Å². The van der Waals surface area contributed by atoms with Crippen LogP contribution in [0.3, 0.4) is 0 Å². The summed E-state index contributed by atoms with van der Waals surface area (Å²) in [4.78, 5) is 0. The summed E-state index contributed by atoms with van der Waals surface area (Å²) < 4.78 is 5.59. The maximum absolute atomic E-state index is 5.59. The Labute approximate surface area is 82.5 Å². The van der Waals surface area contributed by atoms with Gasteiger partial charge < -0.3 is 4.74 Å². The van der Waals surface area contributed by atoms with Gasteiger partial charge in [-0.05, 0) is 37.8 Å². The molecule has 0 aromatic rings. The van der Waals surface area contributed by atoms with Crippen molar-refractivity contribution in [2.75, 3.05) is 0 Å². The zero-order valence-corrected chi connectivity index (χ0v) is 9.72. The van der Waals surface area contributed by atoms with Crippen molar-refractivity contribution in [3.05, 3.63) is 23.7 Å². The Morgan fingerprint density at radius 3 is 1.38 bits per heavy atom. The third kappa shape index (κ3) is 7.63. The number of allylic oxidation sites excluding steroid dienone is 4. The Hall–Kier alpha value is -0.720. The Bertz CT molecular complexity index is 175. The monoisotopic (exact) mass is 182 g/mol. The molecular weight excluding hydrogens is 160 g/mol.